The molecule has 1 heterocycles. The number of nitrogens with zero attached hydrogens (tertiary/aromatic N) is 1. The highest BCUT2D eigenvalue weighted by atomic mass is 35.5. The molecule has 0 spiro atoms. The third-order valence-corrected chi connectivity index (χ3v) is 4.17. The summed E-state index contributed by atoms with van der Waals surface area (Å²) < 4.78 is 10.9. The zero-order valence-corrected chi connectivity index (χ0v) is 15.6. The third-order valence-electron chi connectivity index (χ3n) is 3.43. The van der Waals surface area contributed by atoms with Crippen LogP contribution in [-0.2, 0) is 0 Å². The predicted molar refractivity (Wildman–Crippen MR) is 102 cm³/mol. The third kappa shape index (κ3) is 4.36. The fraction of sp³-hybridized carbons (Fsp3) is 0.158. The van der Waals surface area contributed by atoms with E-state index in [0.29, 0.717) is 21.5 Å². The summed E-state index contributed by atoms with van der Waals surface area (Å²) in [6.45, 7) is 3.92. The van der Waals surface area contributed by atoms with Gasteiger partial charge in [-0.05, 0) is 56.3 Å². The van der Waals surface area contributed by atoms with Crippen LogP contribution in [-0.4, -0.2) is 17.2 Å². The molecule has 0 saturated carbocycles. The van der Waals surface area contributed by atoms with Crippen LogP contribution in [0.15, 0.2) is 53.1 Å². The van der Waals surface area contributed by atoms with Gasteiger partial charge in [0.1, 0.15) is 5.75 Å². The smallest absolute Gasteiger partial charge is 0.277 e. The summed E-state index contributed by atoms with van der Waals surface area (Å²) in [6.07, 6.45) is 0.0998. The van der Waals surface area contributed by atoms with Crippen LogP contribution in [0.25, 0.3) is 11.3 Å². The van der Waals surface area contributed by atoms with Crippen molar-refractivity contribution in [3.05, 3.63) is 64.3 Å². The molecule has 7 heteroatoms. The number of carbonyl (C=O) groups is 1. The van der Waals surface area contributed by atoms with E-state index in [0.717, 1.165) is 11.3 Å². The second kappa shape index (κ2) is 7.81. The van der Waals surface area contributed by atoms with Crippen molar-refractivity contribution in [2.75, 3.05) is 5.32 Å². The molecule has 0 aliphatic rings. The molecule has 2 aromatic carbocycles. The molecule has 5 nitrogen and oxygen atoms in total. The van der Waals surface area contributed by atoms with Gasteiger partial charge in [0.15, 0.2) is 11.5 Å². The van der Waals surface area contributed by atoms with E-state index in [9.17, 15) is 4.79 Å². The van der Waals surface area contributed by atoms with Crippen molar-refractivity contribution in [3.8, 4) is 17.1 Å². The van der Waals surface area contributed by atoms with E-state index < -0.39 is 5.91 Å². The minimum absolute atomic E-state index is 0.0998. The maximum absolute atomic E-state index is 12.3. The van der Waals surface area contributed by atoms with Crippen LogP contribution in [0.2, 0.25) is 10.0 Å². The van der Waals surface area contributed by atoms with Gasteiger partial charge in [-0.2, -0.15) is 0 Å². The minimum Gasteiger partial charge on any atom is -0.491 e. The number of carbonyl (C=O) groups excluding carboxylic acids is 1. The molecule has 134 valence electrons. The van der Waals surface area contributed by atoms with Crippen molar-refractivity contribution in [1.29, 1.82) is 0 Å². The summed E-state index contributed by atoms with van der Waals surface area (Å²) >= 11 is 11.8. The van der Waals surface area contributed by atoms with Crippen molar-refractivity contribution in [1.82, 2.24) is 5.16 Å². The van der Waals surface area contributed by atoms with E-state index in [1.165, 1.54) is 0 Å². The maximum atomic E-state index is 12.3. The number of nitrogens with one attached hydrogen (secondary N) is 1. The highest BCUT2D eigenvalue weighted by Gasteiger charge is 2.14. The molecule has 1 aromatic heterocycles. The lowest BCUT2D eigenvalue weighted by Crippen LogP contribution is -2.12. The van der Waals surface area contributed by atoms with E-state index in [4.69, 9.17) is 32.5 Å². The molecule has 0 aliphatic carbocycles. The standard InChI is InChI=1S/C19H16Cl2N2O3/c1-11(2)25-14-6-3-12(4-7-14)18-10-17(23-26-18)19(24)22-13-5-8-15(20)16(21)9-13/h3-11H,1-2H3,(H,22,24). The fourth-order valence-electron chi connectivity index (χ4n) is 2.26. The molecular weight excluding hydrogens is 375 g/mol. The number of ether oxygens (including phenoxy) is 1. The number of aromatic nitrogens is 1. The molecular formula is C19H16Cl2N2O3. The van der Waals surface area contributed by atoms with Crippen molar-refractivity contribution < 1.29 is 14.1 Å². The zero-order valence-electron chi connectivity index (χ0n) is 14.1. The van der Waals surface area contributed by atoms with Crippen molar-refractivity contribution in [3.63, 3.8) is 0 Å². The van der Waals surface area contributed by atoms with Crippen LogP contribution in [0, 0.1) is 0 Å². The average Bonchev–Trinajstić information content (AvgIpc) is 3.08. The Morgan fingerprint density at radius 2 is 1.81 bits per heavy atom. The Kier molecular flexibility index (Phi) is 5.49. The molecule has 1 N–H and O–H groups in total. The molecule has 0 fully saturated rings. The Bertz CT molecular complexity index is 921. The van der Waals surface area contributed by atoms with Gasteiger partial charge in [-0.25, -0.2) is 0 Å². The summed E-state index contributed by atoms with van der Waals surface area (Å²) in [4.78, 5) is 12.3. The molecule has 26 heavy (non-hydrogen) atoms. The van der Waals surface area contributed by atoms with E-state index in [2.05, 4.69) is 10.5 Å². The van der Waals surface area contributed by atoms with Crippen LogP contribution in [0.4, 0.5) is 5.69 Å². The number of rotatable bonds is 5. The van der Waals surface area contributed by atoms with Gasteiger partial charge >= 0.3 is 0 Å². The number of amides is 1. The van der Waals surface area contributed by atoms with E-state index in [1.54, 1.807) is 24.3 Å². The molecule has 1 amide bonds. The van der Waals surface area contributed by atoms with Gasteiger partial charge in [0.25, 0.3) is 5.91 Å². The summed E-state index contributed by atoms with van der Waals surface area (Å²) in [7, 11) is 0. The fourth-order valence-corrected chi connectivity index (χ4v) is 2.56. The Balaban J connectivity index is 1.72. The van der Waals surface area contributed by atoms with Gasteiger partial charge in [-0.1, -0.05) is 28.4 Å². The largest absolute Gasteiger partial charge is 0.491 e. The van der Waals surface area contributed by atoms with Gasteiger partial charge in [0.2, 0.25) is 0 Å². The van der Waals surface area contributed by atoms with Crippen LogP contribution < -0.4 is 10.1 Å². The number of halogens is 2. The SMILES string of the molecule is CC(C)Oc1ccc(-c2cc(C(=O)Nc3ccc(Cl)c(Cl)c3)no2)cc1. The minimum atomic E-state index is -0.404. The van der Waals surface area contributed by atoms with Crippen molar-refractivity contribution in [2.45, 2.75) is 20.0 Å². The average molecular weight is 391 g/mol. The van der Waals surface area contributed by atoms with Crippen LogP contribution in [0.3, 0.4) is 0 Å². The van der Waals surface area contributed by atoms with Gasteiger partial charge in [-0.15, -0.1) is 0 Å². The quantitative estimate of drug-likeness (QED) is 0.607. The summed E-state index contributed by atoms with van der Waals surface area (Å²) in [5.74, 6) is 0.847. The van der Waals surface area contributed by atoms with Gasteiger partial charge < -0.3 is 14.6 Å². The first-order valence-electron chi connectivity index (χ1n) is 7.92. The van der Waals surface area contributed by atoms with Crippen LogP contribution >= 0.6 is 23.2 Å². The second-order valence-electron chi connectivity index (χ2n) is 5.85. The first kappa shape index (κ1) is 18.3. The first-order valence-corrected chi connectivity index (χ1v) is 8.68. The second-order valence-corrected chi connectivity index (χ2v) is 6.66. The lowest BCUT2D eigenvalue weighted by atomic mass is 10.1. The van der Waals surface area contributed by atoms with Crippen LogP contribution in [0.5, 0.6) is 5.75 Å². The van der Waals surface area contributed by atoms with Crippen molar-refractivity contribution >= 4 is 34.8 Å². The topological polar surface area (TPSA) is 64.4 Å². The molecule has 0 atom stereocenters. The molecule has 0 radical (unpaired) electrons. The van der Waals surface area contributed by atoms with E-state index in [-0.39, 0.29) is 11.8 Å². The molecule has 0 unspecified atom stereocenters. The lowest BCUT2D eigenvalue weighted by molar-refractivity contribution is 0.101. The Morgan fingerprint density at radius 1 is 1.08 bits per heavy atom. The van der Waals surface area contributed by atoms with Gasteiger partial charge in [-0.3, -0.25) is 4.79 Å². The molecule has 0 bridgehead atoms. The molecule has 3 rings (SSSR count). The first-order chi connectivity index (χ1) is 12.4. The number of benzene rings is 2. The maximum Gasteiger partial charge on any atom is 0.277 e. The van der Waals surface area contributed by atoms with Crippen molar-refractivity contribution in [2.24, 2.45) is 0 Å². The monoisotopic (exact) mass is 390 g/mol. The number of hydrogen-bond donors (Lipinski definition) is 1. The number of anilines is 1. The zero-order chi connectivity index (χ0) is 18.7. The molecule has 0 aliphatic heterocycles. The highest BCUT2D eigenvalue weighted by Crippen LogP contribution is 2.26. The van der Waals surface area contributed by atoms with E-state index >= 15 is 0 Å². The normalized spacial score (nSPS) is 10.8. The predicted octanol–water partition coefficient (Wildman–Crippen LogP) is 5.69. The molecule has 3 aromatic rings. The Morgan fingerprint density at radius 3 is 2.46 bits per heavy atom. The number of hydrogen-bond acceptors (Lipinski definition) is 4. The Labute approximate surface area is 160 Å². The summed E-state index contributed by atoms with van der Waals surface area (Å²) in [5, 5.41) is 7.29. The Hall–Kier alpha value is -2.50. The van der Waals surface area contributed by atoms with Crippen LogP contribution in [0.1, 0.15) is 24.3 Å². The highest BCUT2D eigenvalue weighted by molar-refractivity contribution is 6.42. The van der Waals surface area contributed by atoms with Gasteiger partial charge in [0, 0.05) is 17.3 Å². The molecule has 0 saturated heterocycles. The lowest BCUT2D eigenvalue weighted by Gasteiger charge is -2.09. The van der Waals surface area contributed by atoms with E-state index in [1.807, 2.05) is 38.1 Å². The van der Waals surface area contributed by atoms with Gasteiger partial charge in [0.05, 0.1) is 16.1 Å². The summed E-state index contributed by atoms with van der Waals surface area (Å²) in [5.41, 5.74) is 1.47. The summed E-state index contributed by atoms with van der Waals surface area (Å²) in [6, 6.07) is 13.8.